The van der Waals surface area contributed by atoms with Crippen molar-refractivity contribution in [3.05, 3.63) is 0 Å². The Morgan fingerprint density at radius 3 is 2.47 bits per heavy atom. The van der Waals surface area contributed by atoms with Gasteiger partial charge in [0, 0.05) is 24.6 Å². The molecule has 2 aliphatic heterocycles. The average Bonchev–Trinajstić information content (AvgIpc) is 2.89. The van der Waals surface area contributed by atoms with E-state index in [0.717, 1.165) is 32.8 Å². The summed E-state index contributed by atoms with van der Waals surface area (Å²) in [4.78, 5) is 14.4. The molecule has 2 rings (SSSR count). The molecule has 0 aliphatic carbocycles. The number of likely N-dealkylation sites (tertiary alicyclic amines) is 1. The number of amides is 1. The monoisotopic (exact) mass is 268 g/mol. The quantitative estimate of drug-likeness (QED) is 0.846. The molecule has 2 aliphatic rings. The first-order chi connectivity index (χ1) is 8.97. The van der Waals surface area contributed by atoms with E-state index in [2.05, 4.69) is 10.2 Å². The van der Waals surface area contributed by atoms with Crippen molar-refractivity contribution in [2.45, 2.75) is 46.1 Å². The van der Waals surface area contributed by atoms with Gasteiger partial charge in [0.15, 0.2) is 0 Å². The number of carbonyl (C=O) groups is 1. The normalized spacial score (nSPS) is 26.6. The minimum atomic E-state index is -0.276. The smallest absolute Gasteiger partial charge is 0.225 e. The van der Waals surface area contributed by atoms with E-state index >= 15 is 0 Å². The molecule has 19 heavy (non-hydrogen) atoms. The molecule has 4 heteroatoms. The summed E-state index contributed by atoms with van der Waals surface area (Å²) in [6.07, 6.45) is 3.58. The Morgan fingerprint density at radius 1 is 1.26 bits per heavy atom. The second-order valence-electron chi connectivity index (χ2n) is 6.96. The highest BCUT2D eigenvalue weighted by Crippen LogP contribution is 2.22. The fraction of sp³-hybridized carbons (Fsp3) is 0.933. The standard InChI is InChI=1S/C15H28N2O2/c1-15(2,3)14(18)16-10-12-4-7-17(8-5-12)13-6-9-19-11-13/h12-13H,4-11H2,1-3H3,(H,16,18)/t13-/m0/s1. The molecule has 0 spiro atoms. The fourth-order valence-corrected chi connectivity index (χ4v) is 2.83. The Bertz CT molecular complexity index is 298. The lowest BCUT2D eigenvalue weighted by Gasteiger charge is -2.35. The van der Waals surface area contributed by atoms with Crippen LogP contribution in [-0.4, -0.2) is 49.7 Å². The Hall–Kier alpha value is -0.610. The van der Waals surface area contributed by atoms with Crippen molar-refractivity contribution in [1.82, 2.24) is 10.2 Å². The summed E-state index contributed by atoms with van der Waals surface area (Å²) in [5.41, 5.74) is -0.276. The SMILES string of the molecule is CC(C)(C)C(=O)NCC1CCN([C@H]2CCOC2)CC1. The first kappa shape index (κ1) is 14.8. The van der Waals surface area contributed by atoms with Crippen molar-refractivity contribution in [1.29, 1.82) is 0 Å². The number of piperidine rings is 1. The predicted octanol–water partition coefficient (Wildman–Crippen LogP) is 1.65. The average molecular weight is 268 g/mol. The van der Waals surface area contributed by atoms with Crippen LogP contribution >= 0.6 is 0 Å². The number of hydrogen-bond acceptors (Lipinski definition) is 3. The fourth-order valence-electron chi connectivity index (χ4n) is 2.83. The van der Waals surface area contributed by atoms with Gasteiger partial charge in [0.05, 0.1) is 6.61 Å². The van der Waals surface area contributed by atoms with Gasteiger partial charge in [-0.3, -0.25) is 9.69 Å². The van der Waals surface area contributed by atoms with Crippen LogP contribution in [0.4, 0.5) is 0 Å². The summed E-state index contributed by atoms with van der Waals surface area (Å²) < 4.78 is 5.45. The van der Waals surface area contributed by atoms with Crippen LogP contribution in [-0.2, 0) is 9.53 Å². The molecule has 1 atom stereocenters. The number of ether oxygens (including phenoxy) is 1. The zero-order valence-corrected chi connectivity index (χ0v) is 12.6. The van der Waals surface area contributed by atoms with Gasteiger partial charge in [-0.25, -0.2) is 0 Å². The maximum absolute atomic E-state index is 11.8. The van der Waals surface area contributed by atoms with Gasteiger partial charge in [-0.2, -0.15) is 0 Å². The summed E-state index contributed by atoms with van der Waals surface area (Å²) in [5, 5.41) is 3.09. The third-order valence-corrected chi connectivity index (χ3v) is 4.30. The highest BCUT2D eigenvalue weighted by Gasteiger charge is 2.28. The third-order valence-electron chi connectivity index (χ3n) is 4.30. The van der Waals surface area contributed by atoms with Crippen molar-refractivity contribution in [2.75, 3.05) is 32.8 Å². The van der Waals surface area contributed by atoms with Gasteiger partial charge < -0.3 is 10.1 Å². The van der Waals surface area contributed by atoms with Crippen LogP contribution in [0.3, 0.4) is 0 Å². The summed E-state index contributed by atoms with van der Waals surface area (Å²) in [6.45, 7) is 10.9. The molecule has 0 saturated carbocycles. The topological polar surface area (TPSA) is 41.6 Å². The third kappa shape index (κ3) is 4.18. The zero-order chi connectivity index (χ0) is 13.9. The van der Waals surface area contributed by atoms with Gasteiger partial charge >= 0.3 is 0 Å². The maximum atomic E-state index is 11.8. The lowest BCUT2D eigenvalue weighted by Crippen LogP contribution is -2.45. The second-order valence-corrected chi connectivity index (χ2v) is 6.96. The Labute approximate surface area is 116 Å². The van der Waals surface area contributed by atoms with E-state index < -0.39 is 0 Å². The van der Waals surface area contributed by atoms with E-state index in [1.54, 1.807) is 0 Å². The van der Waals surface area contributed by atoms with Gasteiger partial charge in [-0.05, 0) is 38.3 Å². The van der Waals surface area contributed by atoms with Gasteiger partial charge in [0.25, 0.3) is 0 Å². The first-order valence-corrected chi connectivity index (χ1v) is 7.57. The molecule has 2 heterocycles. The number of rotatable bonds is 3. The van der Waals surface area contributed by atoms with Gasteiger partial charge in [-0.1, -0.05) is 20.8 Å². The van der Waals surface area contributed by atoms with E-state index in [-0.39, 0.29) is 11.3 Å². The molecule has 2 fully saturated rings. The molecule has 1 N–H and O–H groups in total. The lowest BCUT2D eigenvalue weighted by atomic mass is 9.93. The summed E-state index contributed by atoms with van der Waals surface area (Å²) in [5.74, 6) is 0.809. The molecule has 0 aromatic heterocycles. The minimum absolute atomic E-state index is 0.166. The number of nitrogens with zero attached hydrogens (tertiary/aromatic N) is 1. The molecular formula is C15H28N2O2. The van der Waals surface area contributed by atoms with E-state index in [0.29, 0.717) is 12.0 Å². The molecule has 110 valence electrons. The molecule has 1 amide bonds. The molecular weight excluding hydrogens is 240 g/mol. The molecule has 0 aromatic rings. The first-order valence-electron chi connectivity index (χ1n) is 7.57. The Balaban J connectivity index is 1.67. The molecule has 0 radical (unpaired) electrons. The maximum Gasteiger partial charge on any atom is 0.225 e. The van der Waals surface area contributed by atoms with Crippen LogP contribution in [0.1, 0.15) is 40.0 Å². The van der Waals surface area contributed by atoms with Crippen molar-refractivity contribution in [3.63, 3.8) is 0 Å². The Morgan fingerprint density at radius 2 is 1.95 bits per heavy atom. The number of carbonyl (C=O) groups excluding carboxylic acids is 1. The Kier molecular flexibility index (Phi) is 4.85. The minimum Gasteiger partial charge on any atom is -0.380 e. The molecule has 4 nitrogen and oxygen atoms in total. The second kappa shape index (κ2) is 6.23. The van der Waals surface area contributed by atoms with E-state index in [1.165, 1.54) is 19.3 Å². The van der Waals surface area contributed by atoms with Crippen molar-refractivity contribution >= 4 is 5.91 Å². The summed E-state index contributed by atoms with van der Waals surface area (Å²) in [7, 11) is 0. The highest BCUT2D eigenvalue weighted by atomic mass is 16.5. The van der Waals surface area contributed by atoms with E-state index in [1.807, 2.05) is 20.8 Å². The number of hydrogen-bond donors (Lipinski definition) is 1. The molecule has 0 unspecified atom stereocenters. The van der Waals surface area contributed by atoms with Crippen LogP contribution in [0.25, 0.3) is 0 Å². The lowest BCUT2D eigenvalue weighted by molar-refractivity contribution is -0.128. The summed E-state index contributed by atoms with van der Waals surface area (Å²) >= 11 is 0. The van der Waals surface area contributed by atoms with E-state index in [4.69, 9.17) is 4.74 Å². The van der Waals surface area contributed by atoms with Gasteiger partial charge in [-0.15, -0.1) is 0 Å². The van der Waals surface area contributed by atoms with Crippen molar-refractivity contribution in [3.8, 4) is 0 Å². The van der Waals surface area contributed by atoms with Crippen LogP contribution in [0.5, 0.6) is 0 Å². The van der Waals surface area contributed by atoms with Gasteiger partial charge in [0.1, 0.15) is 0 Å². The van der Waals surface area contributed by atoms with Crippen LogP contribution < -0.4 is 5.32 Å². The zero-order valence-electron chi connectivity index (χ0n) is 12.6. The number of nitrogens with one attached hydrogen (secondary N) is 1. The summed E-state index contributed by atoms with van der Waals surface area (Å²) in [6, 6.07) is 0.644. The molecule has 0 aromatic carbocycles. The van der Waals surface area contributed by atoms with Crippen LogP contribution in [0.2, 0.25) is 0 Å². The molecule has 2 saturated heterocycles. The van der Waals surface area contributed by atoms with Crippen molar-refractivity contribution < 1.29 is 9.53 Å². The molecule has 0 bridgehead atoms. The largest absolute Gasteiger partial charge is 0.380 e. The van der Waals surface area contributed by atoms with Crippen LogP contribution in [0.15, 0.2) is 0 Å². The van der Waals surface area contributed by atoms with Crippen LogP contribution in [0, 0.1) is 11.3 Å². The van der Waals surface area contributed by atoms with Crippen molar-refractivity contribution in [2.24, 2.45) is 11.3 Å². The predicted molar refractivity (Wildman–Crippen MR) is 76.0 cm³/mol. The van der Waals surface area contributed by atoms with E-state index in [9.17, 15) is 4.79 Å². The van der Waals surface area contributed by atoms with Gasteiger partial charge in [0.2, 0.25) is 5.91 Å². The highest BCUT2D eigenvalue weighted by molar-refractivity contribution is 5.81.